The molecule has 0 saturated heterocycles. The molecule has 0 saturated carbocycles. The first-order valence-corrected chi connectivity index (χ1v) is 6.12. The predicted octanol–water partition coefficient (Wildman–Crippen LogP) is 2.53. The van der Waals surface area contributed by atoms with E-state index in [2.05, 4.69) is 15.3 Å². The van der Waals surface area contributed by atoms with Crippen molar-refractivity contribution in [2.45, 2.75) is 40.2 Å². The molecule has 94 valence electrons. The first-order valence-electron chi connectivity index (χ1n) is 6.12. The summed E-state index contributed by atoms with van der Waals surface area (Å²) in [6.07, 6.45) is 4.02. The topological polar surface area (TPSA) is 54.9 Å². The van der Waals surface area contributed by atoms with Crippen LogP contribution in [-0.2, 0) is 4.79 Å². The van der Waals surface area contributed by atoms with Gasteiger partial charge in [-0.3, -0.25) is 4.79 Å². The Morgan fingerprint density at radius 2 is 2.12 bits per heavy atom. The largest absolute Gasteiger partial charge is 0.360 e. The number of nitrogens with one attached hydrogen (secondary N) is 1. The second-order valence-electron chi connectivity index (χ2n) is 4.67. The Balaban J connectivity index is 2.77. The van der Waals surface area contributed by atoms with Crippen LogP contribution in [0.4, 0.5) is 5.82 Å². The van der Waals surface area contributed by atoms with Gasteiger partial charge in [0.1, 0.15) is 12.1 Å². The Bertz CT molecular complexity index is 351. The molecule has 1 aromatic heterocycles. The fourth-order valence-electron chi connectivity index (χ4n) is 1.61. The second-order valence-corrected chi connectivity index (χ2v) is 4.67. The normalized spacial score (nSPS) is 14.4. The van der Waals surface area contributed by atoms with E-state index >= 15 is 0 Å². The molecule has 0 bridgehead atoms. The zero-order chi connectivity index (χ0) is 12.8. The maximum Gasteiger partial charge on any atom is 0.158 e. The molecule has 0 radical (unpaired) electrons. The van der Waals surface area contributed by atoms with Gasteiger partial charge >= 0.3 is 0 Å². The third-order valence-corrected chi connectivity index (χ3v) is 2.96. The van der Waals surface area contributed by atoms with Crippen molar-refractivity contribution in [2.75, 3.05) is 5.32 Å². The van der Waals surface area contributed by atoms with Gasteiger partial charge in [-0.1, -0.05) is 27.7 Å². The van der Waals surface area contributed by atoms with E-state index in [-0.39, 0.29) is 23.7 Å². The lowest BCUT2D eigenvalue weighted by atomic mass is 9.90. The van der Waals surface area contributed by atoms with Gasteiger partial charge in [0, 0.05) is 12.1 Å². The van der Waals surface area contributed by atoms with Crippen LogP contribution in [0.25, 0.3) is 0 Å². The van der Waals surface area contributed by atoms with E-state index in [0.717, 1.165) is 6.42 Å². The third-order valence-electron chi connectivity index (χ3n) is 2.96. The molecule has 4 heteroatoms. The molecule has 1 aromatic rings. The molecule has 17 heavy (non-hydrogen) atoms. The van der Waals surface area contributed by atoms with Crippen molar-refractivity contribution in [3.05, 3.63) is 18.6 Å². The highest BCUT2D eigenvalue weighted by Crippen LogP contribution is 2.16. The van der Waals surface area contributed by atoms with Crippen molar-refractivity contribution in [1.82, 2.24) is 9.97 Å². The maximum absolute atomic E-state index is 12.2. The highest BCUT2D eigenvalue weighted by atomic mass is 16.1. The summed E-state index contributed by atoms with van der Waals surface area (Å²) in [6, 6.07) is 1.60. The number of nitrogens with zero attached hydrogens (tertiary/aromatic N) is 2. The number of anilines is 1. The van der Waals surface area contributed by atoms with Crippen molar-refractivity contribution in [3.63, 3.8) is 0 Å². The van der Waals surface area contributed by atoms with Crippen LogP contribution in [0, 0.1) is 11.8 Å². The van der Waals surface area contributed by atoms with Crippen molar-refractivity contribution in [2.24, 2.45) is 11.8 Å². The lowest BCUT2D eigenvalue weighted by molar-refractivity contribution is -0.124. The van der Waals surface area contributed by atoms with Crippen LogP contribution in [0.1, 0.15) is 34.1 Å². The first-order chi connectivity index (χ1) is 8.06. The number of rotatable bonds is 6. The molecular weight excluding hydrogens is 214 g/mol. The summed E-state index contributed by atoms with van der Waals surface area (Å²) in [5, 5.41) is 3.19. The van der Waals surface area contributed by atoms with Gasteiger partial charge in [-0.2, -0.15) is 0 Å². The smallest absolute Gasteiger partial charge is 0.158 e. The van der Waals surface area contributed by atoms with E-state index in [4.69, 9.17) is 0 Å². The Labute approximate surface area is 103 Å². The summed E-state index contributed by atoms with van der Waals surface area (Å²) < 4.78 is 0. The maximum atomic E-state index is 12.2. The van der Waals surface area contributed by atoms with E-state index in [1.165, 1.54) is 6.33 Å². The molecule has 1 N–H and O–H groups in total. The van der Waals surface area contributed by atoms with Gasteiger partial charge in [-0.05, 0) is 18.4 Å². The SMILES string of the molecule is CCC(C)C(=O)[C@@H](Nc1ccncn1)C(C)C. The number of carbonyl (C=O) groups is 1. The van der Waals surface area contributed by atoms with Gasteiger partial charge in [0.05, 0.1) is 6.04 Å². The minimum atomic E-state index is -0.181. The monoisotopic (exact) mass is 235 g/mol. The molecule has 1 rings (SSSR count). The molecule has 0 spiro atoms. The predicted molar refractivity (Wildman–Crippen MR) is 68.7 cm³/mol. The molecule has 0 amide bonds. The van der Waals surface area contributed by atoms with Gasteiger partial charge in [-0.25, -0.2) is 9.97 Å². The van der Waals surface area contributed by atoms with Gasteiger partial charge in [0.15, 0.2) is 5.78 Å². The average molecular weight is 235 g/mol. The molecule has 1 unspecified atom stereocenters. The molecule has 0 fully saturated rings. The summed E-state index contributed by atoms with van der Waals surface area (Å²) in [6.45, 7) is 8.09. The fourth-order valence-corrected chi connectivity index (χ4v) is 1.61. The molecule has 0 aromatic carbocycles. The van der Waals surface area contributed by atoms with Crippen LogP contribution in [-0.4, -0.2) is 21.8 Å². The van der Waals surface area contributed by atoms with Crippen LogP contribution in [0.2, 0.25) is 0 Å². The summed E-state index contributed by atoms with van der Waals surface area (Å²) in [7, 11) is 0. The Morgan fingerprint density at radius 3 is 2.59 bits per heavy atom. The van der Waals surface area contributed by atoms with Crippen LogP contribution < -0.4 is 5.32 Å². The lowest BCUT2D eigenvalue weighted by Gasteiger charge is -2.24. The Kier molecular flexibility index (Phi) is 5.07. The van der Waals surface area contributed by atoms with Crippen LogP contribution >= 0.6 is 0 Å². The number of aromatic nitrogens is 2. The number of carbonyl (C=O) groups excluding carboxylic acids is 1. The zero-order valence-corrected chi connectivity index (χ0v) is 11.0. The zero-order valence-electron chi connectivity index (χ0n) is 11.0. The molecule has 2 atom stereocenters. The van der Waals surface area contributed by atoms with Gasteiger partial charge in [0.2, 0.25) is 0 Å². The van der Waals surface area contributed by atoms with Crippen molar-refractivity contribution in [3.8, 4) is 0 Å². The summed E-state index contributed by atoms with van der Waals surface area (Å²) in [5.41, 5.74) is 0. The summed E-state index contributed by atoms with van der Waals surface area (Å²) >= 11 is 0. The van der Waals surface area contributed by atoms with Gasteiger partial charge in [0.25, 0.3) is 0 Å². The quantitative estimate of drug-likeness (QED) is 0.823. The van der Waals surface area contributed by atoms with E-state index in [1.807, 2.05) is 27.7 Å². The molecule has 0 aliphatic heterocycles. The number of hydrogen-bond donors (Lipinski definition) is 1. The summed E-state index contributed by atoms with van der Waals surface area (Å²) in [4.78, 5) is 20.2. The number of hydrogen-bond acceptors (Lipinski definition) is 4. The minimum Gasteiger partial charge on any atom is -0.360 e. The highest BCUT2D eigenvalue weighted by Gasteiger charge is 2.25. The van der Waals surface area contributed by atoms with Gasteiger partial charge in [-0.15, -0.1) is 0 Å². The summed E-state index contributed by atoms with van der Waals surface area (Å²) in [5.74, 6) is 1.28. The molecule has 0 aliphatic carbocycles. The van der Waals surface area contributed by atoms with Crippen LogP contribution in [0.15, 0.2) is 18.6 Å². The van der Waals surface area contributed by atoms with Gasteiger partial charge < -0.3 is 5.32 Å². The fraction of sp³-hybridized carbons (Fsp3) is 0.615. The van der Waals surface area contributed by atoms with Crippen molar-refractivity contribution in [1.29, 1.82) is 0 Å². The molecule has 0 aliphatic rings. The van der Waals surface area contributed by atoms with E-state index in [0.29, 0.717) is 5.82 Å². The molecule has 1 heterocycles. The van der Waals surface area contributed by atoms with E-state index in [1.54, 1.807) is 12.3 Å². The van der Waals surface area contributed by atoms with E-state index in [9.17, 15) is 4.79 Å². The lowest BCUT2D eigenvalue weighted by Crippen LogP contribution is -2.38. The Hall–Kier alpha value is -1.45. The van der Waals surface area contributed by atoms with Crippen LogP contribution in [0.3, 0.4) is 0 Å². The Morgan fingerprint density at radius 1 is 1.41 bits per heavy atom. The highest BCUT2D eigenvalue weighted by molar-refractivity contribution is 5.88. The standard InChI is InChI=1S/C13H21N3O/c1-5-10(4)13(17)12(9(2)3)16-11-6-7-14-8-15-11/h6-10,12H,5H2,1-4H3,(H,14,15,16)/t10?,12-/m0/s1. The van der Waals surface area contributed by atoms with E-state index < -0.39 is 0 Å². The molecule has 4 nitrogen and oxygen atoms in total. The van der Waals surface area contributed by atoms with Crippen molar-refractivity contribution >= 4 is 11.6 Å². The third kappa shape index (κ3) is 3.80. The first kappa shape index (κ1) is 13.6. The van der Waals surface area contributed by atoms with Crippen molar-refractivity contribution < 1.29 is 4.79 Å². The molecular formula is C13H21N3O. The number of Topliss-reactive ketones (excluding diaryl/α,β-unsaturated/α-hetero) is 1. The van der Waals surface area contributed by atoms with Crippen LogP contribution in [0.5, 0.6) is 0 Å². The number of ketones is 1. The average Bonchev–Trinajstić information content (AvgIpc) is 2.35. The minimum absolute atomic E-state index is 0.0803. The second kappa shape index (κ2) is 6.33.